The van der Waals surface area contributed by atoms with Gasteiger partial charge in [-0.1, -0.05) is 12.1 Å². The number of methoxy groups -OCH3 is 1. The number of ether oxygens (including phenoxy) is 2. The van der Waals surface area contributed by atoms with Gasteiger partial charge in [0, 0.05) is 23.3 Å². The molecule has 0 saturated carbocycles. The number of hydrogen-bond acceptors (Lipinski definition) is 5. The van der Waals surface area contributed by atoms with E-state index in [2.05, 4.69) is 17.6 Å². The third-order valence-electron chi connectivity index (χ3n) is 2.59. The minimum Gasteiger partial charge on any atom is -0.494 e. The molecule has 5 heteroatoms. The lowest BCUT2D eigenvalue weighted by atomic mass is 10.2. The molecule has 1 aromatic carbocycles. The van der Waals surface area contributed by atoms with Crippen LogP contribution in [-0.4, -0.2) is 18.7 Å². The standard InChI is InChI=1S/C14H17NO2S2/c1-3-17-11-6-4-5-10(7-11)14-15-12(8-16-2)13(9-18)19-14/h4-7,18H,3,8-9H2,1-2H3. The van der Waals surface area contributed by atoms with Crippen LogP contribution in [0.1, 0.15) is 17.5 Å². The molecule has 0 radical (unpaired) electrons. The Morgan fingerprint density at radius 1 is 1.37 bits per heavy atom. The molecular weight excluding hydrogens is 278 g/mol. The monoisotopic (exact) mass is 295 g/mol. The van der Waals surface area contributed by atoms with Gasteiger partial charge >= 0.3 is 0 Å². The van der Waals surface area contributed by atoms with Gasteiger partial charge in [0.15, 0.2) is 0 Å². The van der Waals surface area contributed by atoms with Crippen molar-refractivity contribution in [3.63, 3.8) is 0 Å². The topological polar surface area (TPSA) is 31.4 Å². The van der Waals surface area contributed by atoms with Gasteiger partial charge in [0.25, 0.3) is 0 Å². The average molecular weight is 295 g/mol. The highest BCUT2D eigenvalue weighted by Gasteiger charge is 2.11. The summed E-state index contributed by atoms with van der Waals surface area (Å²) in [6.07, 6.45) is 0. The van der Waals surface area contributed by atoms with E-state index < -0.39 is 0 Å². The molecule has 102 valence electrons. The highest BCUT2D eigenvalue weighted by atomic mass is 32.1. The predicted molar refractivity (Wildman–Crippen MR) is 82.1 cm³/mol. The number of benzene rings is 1. The molecule has 0 aliphatic rings. The normalized spacial score (nSPS) is 10.7. The number of thiazole rings is 1. The van der Waals surface area contributed by atoms with Gasteiger partial charge in [0.05, 0.1) is 18.9 Å². The molecule has 19 heavy (non-hydrogen) atoms. The summed E-state index contributed by atoms with van der Waals surface area (Å²) in [4.78, 5) is 5.79. The number of aromatic nitrogens is 1. The third kappa shape index (κ3) is 3.49. The maximum Gasteiger partial charge on any atom is 0.124 e. The van der Waals surface area contributed by atoms with E-state index >= 15 is 0 Å². The highest BCUT2D eigenvalue weighted by Crippen LogP contribution is 2.31. The molecular formula is C14H17NO2S2. The zero-order chi connectivity index (χ0) is 13.7. The quantitative estimate of drug-likeness (QED) is 0.823. The molecule has 0 aliphatic heterocycles. The number of hydrogen-bond donors (Lipinski definition) is 1. The summed E-state index contributed by atoms with van der Waals surface area (Å²) in [5, 5.41) is 0.984. The first-order chi connectivity index (χ1) is 9.28. The SMILES string of the molecule is CCOc1cccc(-c2nc(COC)c(CS)s2)c1. The van der Waals surface area contributed by atoms with Crippen molar-refractivity contribution >= 4 is 24.0 Å². The lowest BCUT2D eigenvalue weighted by molar-refractivity contribution is 0.181. The van der Waals surface area contributed by atoms with E-state index in [4.69, 9.17) is 9.47 Å². The minimum atomic E-state index is 0.525. The van der Waals surface area contributed by atoms with Gasteiger partial charge in [-0.05, 0) is 19.1 Å². The summed E-state index contributed by atoms with van der Waals surface area (Å²) in [6.45, 7) is 3.17. The molecule has 0 amide bonds. The van der Waals surface area contributed by atoms with Gasteiger partial charge in [0.2, 0.25) is 0 Å². The van der Waals surface area contributed by atoms with Crippen LogP contribution < -0.4 is 4.74 Å². The molecule has 2 aromatic rings. The second kappa shape index (κ2) is 6.93. The van der Waals surface area contributed by atoms with Crippen LogP contribution in [0.15, 0.2) is 24.3 Å². The van der Waals surface area contributed by atoms with Gasteiger partial charge in [-0.3, -0.25) is 0 Å². The summed E-state index contributed by atoms with van der Waals surface area (Å²) in [6, 6.07) is 8.00. The molecule has 0 unspecified atom stereocenters. The molecule has 3 nitrogen and oxygen atoms in total. The lowest BCUT2D eigenvalue weighted by Crippen LogP contribution is -1.92. The molecule has 0 atom stereocenters. The minimum absolute atomic E-state index is 0.525. The van der Waals surface area contributed by atoms with Crippen LogP contribution in [0.25, 0.3) is 10.6 Å². The second-order valence-corrected chi connectivity index (χ2v) is 5.34. The number of nitrogens with zero attached hydrogens (tertiary/aromatic N) is 1. The Morgan fingerprint density at radius 2 is 2.21 bits per heavy atom. The number of thiol groups is 1. The van der Waals surface area contributed by atoms with Gasteiger partial charge in [-0.15, -0.1) is 11.3 Å². The molecule has 0 fully saturated rings. The first-order valence-electron chi connectivity index (χ1n) is 6.10. The second-order valence-electron chi connectivity index (χ2n) is 3.94. The highest BCUT2D eigenvalue weighted by molar-refractivity contribution is 7.79. The number of rotatable bonds is 6. The molecule has 0 bridgehead atoms. The van der Waals surface area contributed by atoms with Crippen molar-refractivity contribution in [1.82, 2.24) is 4.98 Å². The first-order valence-corrected chi connectivity index (χ1v) is 7.55. The summed E-state index contributed by atoms with van der Waals surface area (Å²) in [5.41, 5.74) is 2.04. The van der Waals surface area contributed by atoms with Crippen molar-refractivity contribution < 1.29 is 9.47 Å². The first kappa shape index (κ1) is 14.4. The van der Waals surface area contributed by atoms with Crippen LogP contribution in [0.3, 0.4) is 0 Å². The molecule has 0 N–H and O–H groups in total. The van der Waals surface area contributed by atoms with E-state index in [-0.39, 0.29) is 0 Å². The van der Waals surface area contributed by atoms with Crippen LogP contribution in [-0.2, 0) is 17.1 Å². The van der Waals surface area contributed by atoms with Gasteiger partial charge in [-0.2, -0.15) is 12.6 Å². The van der Waals surface area contributed by atoms with Crippen molar-refractivity contribution in [1.29, 1.82) is 0 Å². The third-order valence-corrected chi connectivity index (χ3v) is 4.27. The Bertz CT molecular complexity index is 540. The molecule has 1 aromatic heterocycles. The molecule has 0 saturated heterocycles. The Kier molecular flexibility index (Phi) is 5.24. The van der Waals surface area contributed by atoms with Crippen molar-refractivity contribution in [3.05, 3.63) is 34.8 Å². The Morgan fingerprint density at radius 3 is 2.89 bits per heavy atom. The predicted octanol–water partition coefficient (Wildman–Crippen LogP) is 3.79. The van der Waals surface area contributed by atoms with E-state index in [1.165, 1.54) is 0 Å². The summed E-state index contributed by atoms with van der Waals surface area (Å²) >= 11 is 6.00. The Hall–Kier alpha value is -1.04. The maximum absolute atomic E-state index is 5.52. The molecule has 2 rings (SSSR count). The van der Waals surface area contributed by atoms with E-state index in [0.717, 1.165) is 26.9 Å². The summed E-state index contributed by atoms with van der Waals surface area (Å²) in [5.74, 6) is 1.55. The van der Waals surface area contributed by atoms with Crippen LogP contribution >= 0.6 is 24.0 Å². The Balaban J connectivity index is 2.32. The summed E-state index contributed by atoms with van der Waals surface area (Å²) < 4.78 is 10.7. The summed E-state index contributed by atoms with van der Waals surface area (Å²) in [7, 11) is 1.68. The van der Waals surface area contributed by atoms with E-state index in [1.807, 2.05) is 31.2 Å². The largest absolute Gasteiger partial charge is 0.494 e. The van der Waals surface area contributed by atoms with Crippen molar-refractivity contribution in [2.75, 3.05) is 13.7 Å². The lowest BCUT2D eigenvalue weighted by Gasteiger charge is -2.03. The fraction of sp³-hybridized carbons (Fsp3) is 0.357. The van der Waals surface area contributed by atoms with E-state index in [9.17, 15) is 0 Å². The van der Waals surface area contributed by atoms with Crippen molar-refractivity contribution in [2.45, 2.75) is 19.3 Å². The fourth-order valence-electron chi connectivity index (χ4n) is 1.77. The van der Waals surface area contributed by atoms with Crippen LogP contribution in [0, 0.1) is 0 Å². The van der Waals surface area contributed by atoms with Gasteiger partial charge < -0.3 is 9.47 Å². The van der Waals surface area contributed by atoms with Crippen molar-refractivity contribution in [3.8, 4) is 16.3 Å². The Labute approximate surface area is 123 Å². The zero-order valence-corrected chi connectivity index (χ0v) is 12.8. The van der Waals surface area contributed by atoms with E-state index in [1.54, 1.807) is 18.4 Å². The average Bonchev–Trinajstić information content (AvgIpc) is 2.83. The fourth-order valence-corrected chi connectivity index (χ4v) is 3.06. The van der Waals surface area contributed by atoms with Gasteiger partial charge in [-0.25, -0.2) is 4.98 Å². The molecule has 1 heterocycles. The van der Waals surface area contributed by atoms with Crippen LogP contribution in [0.2, 0.25) is 0 Å². The van der Waals surface area contributed by atoms with E-state index in [0.29, 0.717) is 19.0 Å². The van der Waals surface area contributed by atoms with Crippen molar-refractivity contribution in [2.24, 2.45) is 0 Å². The molecule has 0 spiro atoms. The smallest absolute Gasteiger partial charge is 0.124 e. The zero-order valence-electron chi connectivity index (χ0n) is 11.0. The molecule has 0 aliphatic carbocycles. The maximum atomic E-state index is 5.52. The van der Waals surface area contributed by atoms with Crippen LogP contribution in [0.4, 0.5) is 0 Å². The van der Waals surface area contributed by atoms with Crippen LogP contribution in [0.5, 0.6) is 5.75 Å². The van der Waals surface area contributed by atoms with Gasteiger partial charge in [0.1, 0.15) is 10.8 Å².